The minimum atomic E-state index is 0.346. The molecule has 1 amide bonds. The Bertz CT molecular complexity index is 243. The Morgan fingerprint density at radius 2 is 2.06 bits per heavy atom. The topological polar surface area (TPSA) is 32.3 Å². The molecule has 0 radical (unpaired) electrons. The van der Waals surface area contributed by atoms with Crippen LogP contribution in [0.5, 0.6) is 0 Å². The largest absolute Gasteiger partial charge is 0.340 e. The van der Waals surface area contributed by atoms with Crippen LogP contribution in [-0.2, 0) is 4.79 Å². The van der Waals surface area contributed by atoms with E-state index >= 15 is 0 Å². The zero-order valence-corrected chi connectivity index (χ0v) is 11.1. The molecular formula is C12H22N2OS. The number of nitrogens with zero attached hydrogens (tertiary/aromatic N) is 1. The lowest BCUT2D eigenvalue weighted by molar-refractivity contribution is -0.131. The molecule has 1 N–H and O–H groups in total. The van der Waals surface area contributed by atoms with Crippen LogP contribution in [0.1, 0.15) is 33.1 Å². The van der Waals surface area contributed by atoms with Gasteiger partial charge in [0.15, 0.2) is 0 Å². The molecule has 0 aromatic heterocycles. The molecule has 3 nitrogen and oxygen atoms in total. The van der Waals surface area contributed by atoms with Gasteiger partial charge in [-0.1, -0.05) is 13.8 Å². The van der Waals surface area contributed by atoms with Crippen molar-refractivity contribution in [2.45, 2.75) is 49.7 Å². The first-order chi connectivity index (χ1) is 7.65. The van der Waals surface area contributed by atoms with Crippen molar-refractivity contribution in [1.82, 2.24) is 10.2 Å². The second-order valence-electron chi connectivity index (χ2n) is 5.05. The Morgan fingerprint density at radius 1 is 1.38 bits per heavy atom. The highest BCUT2D eigenvalue weighted by molar-refractivity contribution is 8.00. The van der Waals surface area contributed by atoms with Crippen LogP contribution in [0.4, 0.5) is 0 Å². The smallest absolute Gasteiger partial charge is 0.224 e. The average molecular weight is 242 g/mol. The maximum absolute atomic E-state index is 12.1. The predicted molar refractivity (Wildman–Crippen MR) is 68.7 cm³/mol. The van der Waals surface area contributed by atoms with E-state index < -0.39 is 0 Å². The highest BCUT2D eigenvalue weighted by Gasteiger charge is 2.27. The lowest BCUT2D eigenvalue weighted by Gasteiger charge is -2.35. The number of nitrogens with one attached hydrogen (secondary N) is 1. The summed E-state index contributed by atoms with van der Waals surface area (Å²) < 4.78 is 0. The molecule has 0 saturated carbocycles. The summed E-state index contributed by atoms with van der Waals surface area (Å²) in [5.74, 6) is 0.346. The molecule has 0 aromatic rings. The van der Waals surface area contributed by atoms with Crippen LogP contribution in [0, 0.1) is 0 Å². The second kappa shape index (κ2) is 5.41. The highest BCUT2D eigenvalue weighted by atomic mass is 32.2. The summed E-state index contributed by atoms with van der Waals surface area (Å²) in [5, 5.41) is 4.57. The molecule has 2 rings (SSSR count). The van der Waals surface area contributed by atoms with Gasteiger partial charge < -0.3 is 10.2 Å². The first-order valence-electron chi connectivity index (χ1n) is 6.32. The number of carbonyl (C=O) groups is 1. The predicted octanol–water partition coefficient (Wildman–Crippen LogP) is 1.48. The summed E-state index contributed by atoms with van der Waals surface area (Å²) in [6, 6.07) is 0.438. The maximum Gasteiger partial charge on any atom is 0.224 e. The molecule has 0 bridgehead atoms. The van der Waals surface area contributed by atoms with E-state index in [1.165, 1.54) is 12.8 Å². The number of thioether (sulfide) groups is 1. The van der Waals surface area contributed by atoms with Crippen molar-refractivity contribution in [1.29, 1.82) is 0 Å². The van der Waals surface area contributed by atoms with Gasteiger partial charge >= 0.3 is 0 Å². The minimum absolute atomic E-state index is 0.346. The summed E-state index contributed by atoms with van der Waals surface area (Å²) in [5.41, 5.74) is 0. The van der Waals surface area contributed by atoms with E-state index in [0.717, 1.165) is 19.6 Å². The van der Waals surface area contributed by atoms with E-state index in [0.29, 0.717) is 28.9 Å². The Hall–Kier alpha value is -0.220. The van der Waals surface area contributed by atoms with Gasteiger partial charge in [0.1, 0.15) is 0 Å². The van der Waals surface area contributed by atoms with Gasteiger partial charge in [0.05, 0.1) is 0 Å². The molecule has 2 saturated heterocycles. The van der Waals surface area contributed by atoms with E-state index in [9.17, 15) is 4.79 Å². The Morgan fingerprint density at radius 3 is 2.62 bits per heavy atom. The van der Waals surface area contributed by atoms with Crippen LogP contribution in [0.2, 0.25) is 0 Å². The zero-order valence-electron chi connectivity index (χ0n) is 10.2. The van der Waals surface area contributed by atoms with Crippen molar-refractivity contribution in [3.63, 3.8) is 0 Å². The molecule has 2 fully saturated rings. The second-order valence-corrected chi connectivity index (χ2v) is 6.94. The molecule has 0 aromatic carbocycles. The molecule has 2 aliphatic rings. The van der Waals surface area contributed by atoms with Crippen LogP contribution in [-0.4, -0.2) is 47.0 Å². The lowest BCUT2D eigenvalue weighted by Crippen LogP contribution is -2.45. The van der Waals surface area contributed by atoms with Crippen molar-refractivity contribution >= 4 is 17.7 Å². The molecule has 2 aliphatic heterocycles. The molecular weight excluding hydrogens is 220 g/mol. The Kier molecular flexibility index (Phi) is 4.14. The van der Waals surface area contributed by atoms with Crippen molar-refractivity contribution in [2.75, 3.05) is 19.6 Å². The van der Waals surface area contributed by atoms with Gasteiger partial charge in [0, 0.05) is 36.1 Å². The third-order valence-electron chi connectivity index (χ3n) is 3.36. The first kappa shape index (κ1) is 12.2. The fourth-order valence-corrected chi connectivity index (χ4v) is 3.98. The van der Waals surface area contributed by atoms with Crippen LogP contribution < -0.4 is 5.32 Å². The summed E-state index contributed by atoms with van der Waals surface area (Å²) >= 11 is 2.00. The number of amides is 1. The molecule has 2 heterocycles. The normalized spacial score (nSPS) is 35.4. The van der Waals surface area contributed by atoms with Crippen LogP contribution in [0.25, 0.3) is 0 Å². The standard InChI is InChI=1S/C12H22N2OS/c1-9-7-14(8-10(2)16-9)12(15)6-11-4-3-5-13-11/h9-11,13H,3-8H2,1-2H3. The third kappa shape index (κ3) is 3.14. The van der Waals surface area contributed by atoms with E-state index in [1.54, 1.807) is 0 Å². The van der Waals surface area contributed by atoms with Crippen LogP contribution >= 0.6 is 11.8 Å². The van der Waals surface area contributed by atoms with Gasteiger partial charge in [-0.05, 0) is 19.4 Å². The fourth-order valence-electron chi connectivity index (χ4n) is 2.65. The number of hydrogen-bond donors (Lipinski definition) is 1. The molecule has 16 heavy (non-hydrogen) atoms. The van der Waals surface area contributed by atoms with E-state index in [4.69, 9.17) is 0 Å². The molecule has 0 aliphatic carbocycles. The monoisotopic (exact) mass is 242 g/mol. The number of rotatable bonds is 2. The number of hydrogen-bond acceptors (Lipinski definition) is 3. The van der Waals surface area contributed by atoms with Crippen LogP contribution in [0.15, 0.2) is 0 Å². The maximum atomic E-state index is 12.1. The lowest BCUT2D eigenvalue weighted by atomic mass is 10.1. The van der Waals surface area contributed by atoms with E-state index in [2.05, 4.69) is 24.1 Å². The van der Waals surface area contributed by atoms with Gasteiger partial charge in [0.2, 0.25) is 5.91 Å². The van der Waals surface area contributed by atoms with Gasteiger partial charge in [-0.15, -0.1) is 0 Å². The molecule has 3 atom stereocenters. The van der Waals surface area contributed by atoms with Crippen molar-refractivity contribution in [3.8, 4) is 0 Å². The van der Waals surface area contributed by atoms with Gasteiger partial charge in [-0.3, -0.25) is 4.79 Å². The summed E-state index contributed by atoms with van der Waals surface area (Å²) in [4.78, 5) is 14.2. The quantitative estimate of drug-likeness (QED) is 0.796. The molecule has 4 heteroatoms. The van der Waals surface area contributed by atoms with E-state index in [-0.39, 0.29) is 0 Å². The van der Waals surface area contributed by atoms with E-state index in [1.807, 2.05) is 11.8 Å². The Labute approximate surface area is 102 Å². The molecule has 92 valence electrons. The van der Waals surface area contributed by atoms with Gasteiger partial charge in [0.25, 0.3) is 0 Å². The SMILES string of the molecule is CC1CN(C(=O)CC2CCCN2)CC(C)S1. The minimum Gasteiger partial charge on any atom is -0.340 e. The third-order valence-corrected chi connectivity index (χ3v) is 4.58. The summed E-state index contributed by atoms with van der Waals surface area (Å²) in [6.45, 7) is 7.38. The first-order valence-corrected chi connectivity index (χ1v) is 7.26. The molecule has 0 spiro atoms. The number of carbonyl (C=O) groups excluding carboxylic acids is 1. The van der Waals surface area contributed by atoms with Crippen LogP contribution in [0.3, 0.4) is 0 Å². The fraction of sp³-hybridized carbons (Fsp3) is 0.917. The van der Waals surface area contributed by atoms with Crippen molar-refractivity contribution < 1.29 is 4.79 Å². The average Bonchev–Trinajstić information content (AvgIpc) is 2.68. The summed E-state index contributed by atoms with van der Waals surface area (Å²) in [6.07, 6.45) is 3.09. The molecule has 3 unspecified atom stereocenters. The van der Waals surface area contributed by atoms with Gasteiger partial charge in [-0.2, -0.15) is 11.8 Å². The summed E-state index contributed by atoms with van der Waals surface area (Å²) in [7, 11) is 0. The van der Waals surface area contributed by atoms with Crippen molar-refractivity contribution in [2.24, 2.45) is 0 Å². The van der Waals surface area contributed by atoms with Crippen molar-refractivity contribution in [3.05, 3.63) is 0 Å². The van der Waals surface area contributed by atoms with Gasteiger partial charge in [-0.25, -0.2) is 0 Å². The zero-order chi connectivity index (χ0) is 11.5. The highest BCUT2D eigenvalue weighted by Crippen LogP contribution is 2.25. The Balaban J connectivity index is 1.83.